The Morgan fingerprint density at radius 1 is 1.47 bits per heavy atom. The Hall–Kier alpha value is -1.03. The van der Waals surface area contributed by atoms with Crippen molar-refractivity contribution in [3.8, 4) is 5.75 Å². The molecule has 0 aliphatic heterocycles. The van der Waals surface area contributed by atoms with Crippen LogP contribution in [0, 0.1) is 0 Å². The van der Waals surface area contributed by atoms with E-state index < -0.39 is 0 Å². The van der Waals surface area contributed by atoms with Gasteiger partial charge < -0.3 is 10.1 Å². The molecular formula is C11H21N3O. The van der Waals surface area contributed by atoms with E-state index in [1.54, 1.807) is 6.20 Å². The molecule has 0 radical (unpaired) electrons. The summed E-state index contributed by atoms with van der Waals surface area (Å²) >= 11 is 0. The quantitative estimate of drug-likeness (QED) is 0.753. The highest BCUT2D eigenvalue weighted by Gasteiger charge is 2.12. The second-order valence-electron chi connectivity index (χ2n) is 4.61. The van der Waals surface area contributed by atoms with Crippen LogP contribution in [-0.2, 0) is 6.54 Å². The van der Waals surface area contributed by atoms with E-state index in [1.807, 2.05) is 38.7 Å². The highest BCUT2D eigenvalue weighted by Crippen LogP contribution is 2.16. The second kappa shape index (κ2) is 5.16. The van der Waals surface area contributed by atoms with E-state index in [0.717, 1.165) is 25.3 Å². The van der Waals surface area contributed by atoms with Crippen LogP contribution in [0.1, 0.15) is 27.2 Å². The number of hydrogen-bond acceptors (Lipinski definition) is 3. The molecule has 0 spiro atoms. The molecule has 1 rings (SSSR count). The van der Waals surface area contributed by atoms with Gasteiger partial charge in [0.2, 0.25) is 0 Å². The highest BCUT2D eigenvalue weighted by atomic mass is 16.5. The van der Waals surface area contributed by atoms with Gasteiger partial charge in [0.1, 0.15) is 5.60 Å². The van der Waals surface area contributed by atoms with Crippen molar-refractivity contribution in [2.75, 3.05) is 13.6 Å². The zero-order valence-electron chi connectivity index (χ0n) is 10.1. The number of nitrogens with zero attached hydrogens (tertiary/aromatic N) is 2. The monoisotopic (exact) mass is 211 g/mol. The second-order valence-corrected chi connectivity index (χ2v) is 4.61. The van der Waals surface area contributed by atoms with Crippen LogP contribution in [0.15, 0.2) is 12.4 Å². The van der Waals surface area contributed by atoms with Crippen LogP contribution in [-0.4, -0.2) is 29.0 Å². The molecule has 1 N–H and O–H groups in total. The van der Waals surface area contributed by atoms with Gasteiger partial charge in [-0.15, -0.1) is 0 Å². The van der Waals surface area contributed by atoms with Crippen LogP contribution >= 0.6 is 0 Å². The van der Waals surface area contributed by atoms with E-state index in [2.05, 4.69) is 10.4 Å². The Labute approximate surface area is 91.6 Å². The molecule has 0 atom stereocenters. The Balaban J connectivity index is 2.42. The summed E-state index contributed by atoms with van der Waals surface area (Å²) in [5, 5.41) is 7.35. The summed E-state index contributed by atoms with van der Waals surface area (Å²) in [7, 11) is 1.96. The van der Waals surface area contributed by atoms with E-state index in [1.165, 1.54) is 0 Å². The molecule has 86 valence electrons. The third kappa shape index (κ3) is 4.83. The normalized spacial score (nSPS) is 11.7. The molecule has 0 saturated carbocycles. The predicted molar refractivity (Wildman–Crippen MR) is 61.2 cm³/mol. The number of rotatable bonds is 5. The van der Waals surface area contributed by atoms with Crippen molar-refractivity contribution in [1.29, 1.82) is 0 Å². The molecule has 0 bridgehead atoms. The molecule has 15 heavy (non-hydrogen) atoms. The van der Waals surface area contributed by atoms with Gasteiger partial charge in [0.05, 0.1) is 12.4 Å². The standard InChI is InChI=1S/C11H21N3O/c1-11(2,3)15-10-8-13-14(9-10)7-5-6-12-4/h8-9,12H,5-7H2,1-4H3. The van der Waals surface area contributed by atoms with Gasteiger partial charge in [-0.25, -0.2) is 0 Å². The first-order valence-electron chi connectivity index (χ1n) is 5.37. The lowest BCUT2D eigenvalue weighted by Crippen LogP contribution is -2.22. The number of nitrogens with one attached hydrogen (secondary N) is 1. The van der Waals surface area contributed by atoms with Gasteiger partial charge in [-0.2, -0.15) is 5.10 Å². The zero-order valence-corrected chi connectivity index (χ0v) is 10.1. The fraction of sp³-hybridized carbons (Fsp3) is 0.727. The van der Waals surface area contributed by atoms with Gasteiger partial charge in [-0.3, -0.25) is 4.68 Å². The fourth-order valence-corrected chi connectivity index (χ4v) is 1.29. The van der Waals surface area contributed by atoms with Gasteiger partial charge in [0, 0.05) is 6.54 Å². The lowest BCUT2D eigenvalue weighted by atomic mass is 10.2. The minimum Gasteiger partial charge on any atom is -0.485 e. The fourth-order valence-electron chi connectivity index (χ4n) is 1.29. The van der Waals surface area contributed by atoms with Crippen molar-refractivity contribution in [2.24, 2.45) is 0 Å². The van der Waals surface area contributed by atoms with Crippen molar-refractivity contribution in [1.82, 2.24) is 15.1 Å². The number of ether oxygens (including phenoxy) is 1. The number of hydrogen-bond donors (Lipinski definition) is 1. The zero-order chi connectivity index (χ0) is 11.3. The molecule has 0 fully saturated rings. The lowest BCUT2D eigenvalue weighted by molar-refractivity contribution is 0.131. The molecule has 0 aliphatic rings. The molecule has 4 nitrogen and oxygen atoms in total. The third-order valence-electron chi connectivity index (χ3n) is 1.85. The van der Waals surface area contributed by atoms with E-state index >= 15 is 0 Å². The molecule has 0 amide bonds. The van der Waals surface area contributed by atoms with E-state index in [4.69, 9.17) is 4.74 Å². The number of aromatic nitrogens is 2. The van der Waals surface area contributed by atoms with Crippen LogP contribution in [0.4, 0.5) is 0 Å². The molecule has 0 saturated heterocycles. The molecule has 1 aromatic rings. The molecule has 1 aromatic heterocycles. The molecule has 0 aromatic carbocycles. The summed E-state index contributed by atoms with van der Waals surface area (Å²) in [4.78, 5) is 0. The van der Waals surface area contributed by atoms with Gasteiger partial charge in [0.25, 0.3) is 0 Å². The van der Waals surface area contributed by atoms with E-state index in [0.29, 0.717) is 0 Å². The first-order chi connectivity index (χ1) is 7.01. The average molecular weight is 211 g/mol. The van der Waals surface area contributed by atoms with Crippen LogP contribution in [0.5, 0.6) is 5.75 Å². The summed E-state index contributed by atoms with van der Waals surface area (Å²) in [6, 6.07) is 0. The Morgan fingerprint density at radius 2 is 2.20 bits per heavy atom. The maximum Gasteiger partial charge on any atom is 0.157 e. The minimum atomic E-state index is -0.154. The van der Waals surface area contributed by atoms with E-state index in [-0.39, 0.29) is 5.60 Å². The maximum absolute atomic E-state index is 5.69. The Bertz CT molecular complexity index is 288. The average Bonchev–Trinajstić information content (AvgIpc) is 2.50. The van der Waals surface area contributed by atoms with Crippen molar-refractivity contribution >= 4 is 0 Å². The first-order valence-corrected chi connectivity index (χ1v) is 5.37. The summed E-state index contributed by atoms with van der Waals surface area (Å²) in [5.41, 5.74) is -0.154. The predicted octanol–water partition coefficient (Wildman–Crippen LogP) is 1.67. The molecular weight excluding hydrogens is 190 g/mol. The minimum absolute atomic E-state index is 0.154. The Kier molecular flexibility index (Phi) is 4.15. The summed E-state index contributed by atoms with van der Waals surface area (Å²) in [6.45, 7) is 8.03. The lowest BCUT2D eigenvalue weighted by Gasteiger charge is -2.19. The molecule has 0 unspecified atom stereocenters. The number of aryl methyl sites for hydroxylation is 1. The SMILES string of the molecule is CNCCCn1cc(OC(C)(C)C)cn1. The van der Waals surface area contributed by atoms with Crippen molar-refractivity contribution in [3.05, 3.63) is 12.4 Å². The van der Waals surface area contributed by atoms with Crippen LogP contribution in [0.25, 0.3) is 0 Å². The van der Waals surface area contributed by atoms with Gasteiger partial charge in [-0.05, 0) is 40.8 Å². The van der Waals surface area contributed by atoms with E-state index in [9.17, 15) is 0 Å². The maximum atomic E-state index is 5.69. The molecule has 1 heterocycles. The summed E-state index contributed by atoms with van der Waals surface area (Å²) in [6.07, 6.45) is 4.79. The largest absolute Gasteiger partial charge is 0.485 e. The van der Waals surface area contributed by atoms with Crippen molar-refractivity contribution in [2.45, 2.75) is 39.3 Å². The first kappa shape index (κ1) is 12.0. The smallest absolute Gasteiger partial charge is 0.157 e. The Morgan fingerprint density at radius 3 is 2.80 bits per heavy atom. The van der Waals surface area contributed by atoms with Gasteiger partial charge in [-0.1, -0.05) is 0 Å². The van der Waals surface area contributed by atoms with Crippen molar-refractivity contribution in [3.63, 3.8) is 0 Å². The topological polar surface area (TPSA) is 39.1 Å². The van der Waals surface area contributed by atoms with Gasteiger partial charge >= 0.3 is 0 Å². The van der Waals surface area contributed by atoms with Crippen LogP contribution < -0.4 is 10.1 Å². The van der Waals surface area contributed by atoms with Crippen LogP contribution in [0.2, 0.25) is 0 Å². The van der Waals surface area contributed by atoms with Crippen molar-refractivity contribution < 1.29 is 4.74 Å². The molecule has 0 aliphatic carbocycles. The third-order valence-corrected chi connectivity index (χ3v) is 1.85. The summed E-state index contributed by atoms with van der Waals surface area (Å²) < 4.78 is 7.60. The summed E-state index contributed by atoms with van der Waals surface area (Å²) in [5.74, 6) is 0.840. The molecule has 4 heteroatoms. The van der Waals surface area contributed by atoms with Gasteiger partial charge in [0.15, 0.2) is 5.75 Å². The highest BCUT2D eigenvalue weighted by molar-refractivity contribution is 5.12. The van der Waals surface area contributed by atoms with Crippen LogP contribution in [0.3, 0.4) is 0 Å².